The highest BCUT2D eigenvalue weighted by Gasteiger charge is 2.21. The van der Waals surface area contributed by atoms with Gasteiger partial charge in [-0.15, -0.1) is 0 Å². The van der Waals surface area contributed by atoms with Gasteiger partial charge < -0.3 is 24.8 Å². The number of nitrogens with one attached hydrogen (secondary N) is 1. The molecule has 1 aliphatic rings. The highest BCUT2D eigenvalue weighted by molar-refractivity contribution is 6.12. The molecule has 1 amide bonds. The quantitative estimate of drug-likeness (QED) is 0.721. The molecule has 0 bridgehead atoms. The van der Waals surface area contributed by atoms with Gasteiger partial charge in [0.1, 0.15) is 0 Å². The van der Waals surface area contributed by atoms with Gasteiger partial charge in [-0.3, -0.25) is 4.79 Å². The van der Waals surface area contributed by atoms with E-state index in [1.807, 2.05) is 4.90 Å². The molecule has 3 rings (SSSR count). The fourth-order valence-electron chi connectivity index (χ4n) is 3.11. The van der Waals surface area contributed by atoms with Crippen molar-refractivity contribution < 1.29 is 29.0 Å². The molecule has 2 N–H and O–H groups in total. The first kappa shape index (κ1) is 20.3. The SMILES string of the molecule is CCOC(=O)c1ccc(N2CCOCC2)c(NC(=O)c2ccccc2C(=O)O)c1. The van der Waals surface area contributed by atoms with Crippen LogP contribution in [0.4, 0.5) is 11.4 Å². The Hall–Kier alpha value is -3.39. The summed E-state index contributed by atoms with van der Waals surface area (Å²) in [6.07, 6.45) is 0. The van der Waals surface area contributed by atoms with E-state index >= 15 is 0 Å². The Morgan fingerprint density at radius 3 is 2.45 bits per heavy atom. The highest BCUT2D eigenvalue weighted by atomic mass is 16.5. The van der Waals surface area contributed by atoms with Crippen molar-refractivity contribution in [3.8, 4) is 0 Å². The molecule has 8 nitrogen and oxygen atoms in total. The molecule has 0 saturated carbocycles. The summed E-state index contributed by atoms with van der Waals surface area (Å²) in [5.41, 5.74) is 1.37. The minimum absolute atomic E-state index is 0.0365. The molecule has 152 valence electrons. The van der Waals surface area contributed by atoms with Crippen molar-refractivity contribution in [1.29, 1.82) is 0 Å². The molecule has 0 radical (unpaired) electrons. The average Bonchev–Trinajstić information content (AvgIpc) is 2.74. The number of hydrogen-bond acceptors (Lipinski definition) is 6. The third-order valence-corrected chi connectivity index (χ3v) is 4.51. The number of esters is 1. The minimum atomic E-state index is -1.19. The van der Waals surface area contributed by atoms with E-state index in [0.29, 0.717) is 37.6 Å². The number of benzene rings is 2. The minimum Gasteiger partial charge on any atom is -0.478 e. The molecule has 1 saturated heterocycles. The topological polar surface area (TPSA) is 105 Å². The Morgan fingerprint density at radius 1 is 1.10 bits per heavy atom. The third kappa shape index (κ3) is 4.72. The number of ether oxygens (including phenoxy) is 2. The Labute approximate surface area is 168 Å². The van der Waals surface area contributed by atoms with Crippen molar-refractivity contribution >= 4 is 29.2 Å². The van der Waals surface area contributed by atoms with E-state index in [1.165, 1.54) is 12.1 Å². The molecule has 1 aliphatic heterocycles. The van der Waals surface area contributed by atoms with Gasteiger partial charge in [0.2, 0.25) is 0 Å². The molecular formula is C21H22N2O6. The van der Waals surface area contributed by atoms with Gasteiger partial charge in [0.05, 0.1) is 47.9 Å². The van der Waals surface area contributed by atoms with Gasteiger partial charge in [0, 0.05) is 13.1 Å². The number of amides is 1. The number of morpholine rings is 1. The highest BCUT2D eigenvalue weighted by Crippen LogP contribution is 2.29. The van der Waals surface area contributed by atoms with Crippen molar-refractivity contribution in [2.24, 2.45) is 0 Å². The molecule has 0 aliphatic carbocycles. The zero-order valence-electron chi connectivity index (χ0n) is 16.0. The van der Waals surface area contributed by atoms with Crippen LogP contribution in [0.15, 0.2) is 42.5 Å². The standard InChI is InChI=1S/C21H22N2O6/c1-2-29-21(27)14-7-8-18(23-9-11-28-12-10-23)17(13-14)22-19(24)15-5-3-4-6-16(15)20(25)26/h3-8,13H,2,9-12H2,1H3,(H,22,24)(H,25,26). The van der Waals surface area contributed by atoms with Gasteiger partial charge in [0.15, 0.2) is 0 Å². The van der Waals surface area contributed by atoms with Crippen molar-refractivity contribution in [3.63, 3.8) is 0 Å². The molecule has 0 aromatic heterocycles. The second-order valence-electron chi connectivity index (χ2n) is 6.36. The summed E-state index contributed by atoms with van der Waals surface area (Å²) in [5.74, 6) is -2.26. The maximum Gasteiger partial charge on any atom is 0.338 e. The first-order valence-corrected chi connectivity index (χ1v) is 9.28. The van der Waals surface area contributed by atoms with E-state index in [1.54, 1.807) is 37.3 Å². The van der Waals surface area contributed by atoms with E-state index < -0.39 is 17.8 Å². The second kappa shape index (κ2) is 9.20. The summed E-state index contributed by atoms with van der Waals surface area (Å²) in [7, 11) is 0. The van der Waals surface area contributed by atoms with Crippen LogP contribution in [0.25, 0.3) is 0 Å². The van der Waals surface area contributed by atoms with Crippen LogP contribution in [-0.4, -0.2) is 55.9 Å². The van der Waals surface area contributed by atoms with Crippen LogP contribution in [0.5, 0.6) is 0 Å². The molecule has 1 heterocycles. The largest absolute Gasteiger partial charge is 0.478 e. The predicted molar refractivity (Wildman–Crippen MR) is 107 cm³/mol. The van der Waals surface area contributed by atoms with Crippen LogP contribution in [0, 0.1) is 0 Å². The van der Waals surface area contributed by atoms with Crippen molar-refractivity contribution in [2.75, 3.05) is 43.1 Å². The summed E-state index contributed by atoms with van der Waals surface area (Å²) >= 11 is 0. The number of carboxylic acids is 1. The van der Waals surface area contributed by atoms with Crippen LogP contribution >= 0.6 is 0 Å². The second-order valence-corrected chi connectivity index (χ2v) is 6.36. The average molecular weight is 398 g/mol. The lowest BCUT2D eigenvalue weighted by molar-refractivity contribution is 0.0525. The zero-order valence-corrected chi connectivity index (χ0v) is 16.0. The maximum atomic E-state index is 12.8. The Bertz CT molecular complexity index is 921. The van der Waals surface area contributed by atoms with Crippen LogP contribution in [0.1, 0.15) is 38.0 Å². The van der Waals surface area contributed by atoms with Gasteiger partial charge in [-0.25, -0.2) is 9.59 Å². The molecule has 0 unspecified atom stereocenters. The van der Waals surface area contributed by atoms with Gasteiger partial charge in [-0.2, -0.15) is 0 Å². The first-order valence-electron chi connectivity index (χ1n) is 9.28. The summed E-state index contributed by atoms with van der Waals surface area (Å²) in [5, 5.41) is 12.1. The third-order valence-electron chi connectivity index (χ3n) is 4.51. The number of anilines is 2. The summed E-state index contributed by atoms with van der Waals surface area (Å²) in [4.78, 5) is 38.5. The number of carbonyl (C=O) groups is 3. The number of nitrogens with zero attached hydrogens (tertiary/aromatic N) is 1. The lowest BCUT2D eigenvalue weighted by atomic mass is 10.1. The lowest BCUT2D eigenvalue weighted by Crippen LogP contribution is -2.36. The lowest BCUT2D eigenvalue weighted by Gasteiger charge is -2.30. The Balaban J connectivity index is 1.96. The number of rotatable bonds is 6. The van der Waals surface area contributed by atoms with Crippen LogP contribution in [0.3, 0.4) is 0 Å². The zero-order chi connectivity index (χ0) is 20.8. The number of carbonyl (C=O) groups excluding carboxylic acids is 2. The molecular weight excluding hydrogens is 376 g/mol. The van der Waals surface area contributed by atoms with E-state index in [2.05, 4.69) is 5.32 Å². The molecule has 29 heavy (non-hydrogen) atoms. The van der Waals surface area contributed by atoms with Crippen molar-refractivity contribution in [1.82, 2.24) is 0 Å². The van der Waals surface area contributed by atoms with E-state index in [-0.39, 0.29) is 17.7 Å². The van der Waals surface area contributed by atoms with E-state index in [9.17, 15) is 19.5 Å². The van der Waals surface area contributed by atoms with Crippen LogP contribution in [0.2, 0.25) is 0 Å². The Kier molecular flexibility index (Phi) is 6.46. The fourth-order valence-corrected chi connectivity index (χ4v) is 3.11. The molecule has 0 atom stereocenters. The first-order chi connectivity index (χ1) is 14.0. The number of aromatic carboxylic acids is 1. The van der Waals surface area contributed by atoms with Crippen molar-refractivity contribution in [2.45, 2.75) is 6.92 Å². The maximum absolute atomic E-state index is 12.8. The van der Waals surface area contributed by atoms with Gasteiger partial charge in [-0.1, -0.05) is 12.1 Å². The molecule has 0 spiro atoms. The number of hydrogen-bond donors (Lipinski definition) is 2. The summed E-state index contributed by atoms with van der Waals surface area (Å²) < 4.78 is 10.4. The summed E-state index contributed by atoms with van der Waals surface area (Å²) in [6, 6.07) is 10.9. The molecule has 2 aromatic rings. The van der Waals surface area contributed by atoms with Gasteiger partial charge in [-0.05, 0) is 37.3 Å². The fraction of sp³-hybridized carbons (Fsp3) is 0.286. The smallest absolute Gasteiger partial charge is 0.338 e. The molecule has 8 heteroatoms. The van der Waals surface area contributed by atoms with E-state index in [0.717, 1.165) is 5.69 Å². The van der Waals surface area contributed by atoms with Gasteiger partial charge >= 0.3 is 11.9 Å². The predicted octanol–water partition coefficient (Wildman–Crippen LogP) is 2.65. The molecule has 1 fully saturated rings. The Morgan fingerprint density at radius 2 is 1.79 bits per heavy atom. The van der Waals surface area contributed by atoms with Gasteiger partial charge in [0.25, 0.3) is 5.91 Å². The monoisotopic (exact) mass is 398 g/mol. The number of carboxylic acid groups (broad SMARTS) is 1. The van der Waals surface area contributed by atoms with E-state index in [4.69, 9.17) is 9.47 Å². The van der Waals surface area contributed by atoms with Crippen molar-refractivity contribution in [3.05, 3.63) is 59.2 Å². The van der Waals surface area contributed by atoms with Crippen LogP contribution in [-0.2, 0) is 9.47 Å². The molecule has 2 aromatic carbocycles. The van der Waals surface area contributed by atoms with Crippen LogP contribution < -0.4 is 10.2 Å². The normalized spacial score (nSPS) is 13.6. The summed E-state index contributed by atoms with van der Waals surface area (Å²) in [6.45, 7) is 4.31.